The van der Waals surface area contributed by atoms with Crippen molar-refractivity contribution in [1.29, 1.82) is 0 Å². The van der Waals surface area contributed by atoms with E-state index in [0.717, 1.165) is 18.9 Å². The second-order valence-electron chi connectivity index (χ2n) is 4.48. The fraction of sp³-hybridized carbons (Fsp3) is 0.417. The first kappa shape index (κ1) is 11.0. The van der Waals surface area contributed by atoms with Gasteiger partial charge in [-0.15, -0.1) is 0 Å². The highest BCUT2D eigenvalue weighted by atomic mass is 35.5. The molecule has 0 bridgehead atoms. The molecule has 1 aromatic carbocycles. The van der Waals surface area contributed by atoms with Crippen LogP contribution in [0, 0.1) is 11.6 Å². The Bertz CT molecular complexity index is 514. The van der Waals surface area contributed by atoms with Crippen molar-refractivity contribution in [3.63, 3.8) is 0 Å². The Kier molecular flexibility index (Phi) is 2.36. The molecule has 3 rings (SSSR count). The minimum absolute atomic E-state index is 0.169. The van der Waals surface area contributed by atoms with Crippen molar-refractivity contribution in [3.8, 4) is 0 Å². The van der Waals surface area contributed by atoms with Crippen molar-refractivity contribution in [2.75, 3.05) is 11.4 Å². The molecule has 1 aliphatic carbocycles. The predicted octanol–water partition coefficient (Wildman–Crippen LogP) is 3.17. The molecule has 5 heteroatoms. The van der Waals surface area contributed by atoms with E-state index in [2.05, 4.69) is 0 Å². The van der Waals surface area contributed by atoms with Gasteiger partial charge in [-0.05, 0) is 18.9 Å². The summed E-state index contributed by atoms with van der Waals surface area (Å²) in [6.07, 6.45) is 2.37. The molecule has 0 spiro atoms. The lowest BCUT2D eigenvalue weighted by molar-refractivity contribution is 0.0979. The number of carbonyl (C=O) groups excluding carboxylic acids is 1. The van der Waals surface area contributed by atoms with E-state index in [1.165, 1.54) is 0 Å². The van der Waals surface area contributed by atoms with Gasteiger partial charge in [0.05, 0.1) is 5.69 Å². The van der Waals surface area contributed by atoms with Crippen LogP contribution in [0.4, 0.5) is 14.5 Å². The van der Waals surface area contributed by atoms with Crippen LogP contribution < -0.4 is 4.90 Å². The van der Waals surface area contributed by atoms with Crippen LogP contribution in [-0.2, 0) is 0 Å². The zero-order chi connectivity index (χ0) is 12.2. The topological polar surface area (TPSA) is 20.3 Å². The van der Waals surface area contributed by atoms with Crippen molar-refractivity contribution in [1.82, 2.24) is 0 Å². The summed E-state index contributed by atoms with van der Waals surface area (Å²) in [6.45, 7) is 0.543. The van der Waals surface area contributed by atoms with Gasteiger partial charge in [0.15, 0.2) is 17.4 Å². The second kappa shape index (κ2) is 3.67. The maximum Gasteiger partial charge on any atom is 0.179 e. The molecular formula is C12H10ClF2NO. The highest BCUT2D eigenvalue weighted by Crippen LogP contribution is 2.42. The quantitative estimate of drug-likeness (QED) is 0.720. The summed E-state index contributed by atoms with van der Waals surface area (Å²) in [4.78, 5) is 13.6. The van der Waals surface area contributed by atoms with Gasteiger partial charge in [-0.25, -0.2) is 8.78 Å². The van der Waals surface area contributed by atoms with E-state index >= 15 is 0 Å². The molecule has 0 unspecified atom stereocenters. The molecule has 17 heavy (non-hydrogen) atoms. The number of carbonyl (C=O) groups is 1. The molecule has 0 aromatic heterocycles. The molecule has 1 fully saturated rings. The van der Waals surface area contributed by atoms with E-state index in [1.54, 1.807) is 0 Å². The molecule has 0 amide bonds. The van der Waals surface area contributed by atoms with Gasteiger partial charge >= 0.3 is 0 Å². The Morgan fingerprint density at radius 3 is 2.71 bits per heavy atom. The third-order valence-corrected chi connectivity index (χ3v) is 3.64. The minimum Gasteiger partial charge on any atom is -0.366 e. The van der Waals surface area contributed by atoms with Gasteiger partial charge in [0.2, 0.25) is 0 Å². The largest absolute Gasteiger partial charge is 0.366 e. The van der Waals surface area contributed by atoms with Gasteiger partial charge in [0, 0.05) is 24.6 Å². The number of halogens is 3. The Morgan fingerprint density at radius 1 is 1.35 bits per heavy atom. The van der Waals surface area contributed by atoms with E-state index in [1.807, 2.05) is 4.90 Å². The number of Topliss-reactive ketones (excluding diaryl/α,β-unsaturated/α-hetero) is 1. The molecule has 0 N–H and O–H groups in total. The Balaban J connectivity index is 2.21. The average Bonchev–Trinajstić information content (AvgIpc) is 3.12. The summed E-state index contributed by atoms with van der Waals surface area (Å²) in [6, 6.07) is 1.29. The number of ketones is 1. The molecule has 0 saturated heterocycles. The molecular weight excluding hydrogens is 248 g/mol. The van der Waals surface area contributed by atoms with Crippen molar-refractivity contribution < 1.29 is 13.6 Å². The minimum atomic E-state index is -1.06. The zero-order valence-corrected chi connectivity index (χ0v) is 9.73. The molecule has 1 saturated carbocycles. The lowest BCUT2D eigenvalue weighted by Gasteiger charge is -2.31. The first-order chi connectivity index (χ1) is 8.09. The van der Waals surface area contributed by atoms with Crippen LogP contribution in [0.5, 0.6) is 0 Å². The molecule has 90 valence electrons. The highest BCUT2D eigenvalue weighted by molar-refractivity contribution is 6.34. The van der Waals surface area contributed by atoms with Crippen LogP contribution >= 0.6 is 11.6 Å². The molecule has 1 aromatic rings. The summed E-state index contributed by atoms with van der Waals surface area (Å²) in [5.74, 6) is -2.29. The normalized spacial score (nSPS) is 19.5. The fourth-order valence-electron chi connectivity index (χ4n) is 2.30. The van der Waals surface area contributed by atoms with Crippen molar-refractivity contribution in [2.45, 2.75) is 25.3 Å². The Morgan fingerprint density at radius 2 is 2.06 bits per heavy atom. The van der Waals surface area contributed by atoms with Crippen LogP contribution in [0.25, 0.3) is 0 Å². The average molecular weight is 258 g/mol. The summed E-state index contributed by atoms with van der Waals surface area (Å²) in [5, 5.41) is -0.264. The van der Waals surface area contributed by atoms with Crippen molar-refractivity contribution >= 4 is 23.1 Å². The number of anilines is 1. The predicted molar refractivity (Wildman–Crippen MR) is 60.7 cm³/mol. The van der Waals surface area contributed by atoms with E-state index in [-0.39, 0.29) is 16.4 Å². The number of hydrogen-bond acceptors (Lipinski definition) is 2. The van der Waals surface area contributed by atoms with Crippen LogP contribution in [0.15, 0.2) is 6.07 Å². The van der Waals surface area contributed by atoms with Gasteiger partial charge < -0.3 is 4.90 Å². The van der Waals surface area contributed by atoms with Crippen LogP contribution in [0.1, 0.15) is 29.6 Å². The van der Waals surface area contributed by atoms with Gasteiger partial charge in [0.1, 0.15) is 5.02 Å². The highest BCUT2D eigenvalue weighted by Gasteiger charge is 2.37. The number of benzene rings is 1. The summed E-state index contributed by atoms with van der Waals surface area (Å²) >= 11 is 5.84. The maximum atomic E-state index is 13.5. The van der Waals surface area contributed by atoms with E-state index in [0.29, 0.717) is 24.7 Å². The van der Waals surface area contributed by atoms with Crippen LogP contribution in [0.3, 0.4) is 0 Å². The SMILES string of the molecule is O=C1CCN(C2CC2)c2c1cc(F)c(F)c2Cl. The molecule has 0 radical (unpaired) electrons. The summed E-state index contributed by atoms with van der Waals surface area (Å²) in [5.41, 5.74) is 0.594. The molecule has 0 atom stereocenters. The first-order valence-corrected chi connectivity index (χ1v) is 5.94. The monoisotopic (exact) mass is 257 g/mol. The molecule has 2 aliphatic rings. The van der Waals surface area contributed by atoms with Gasteiger partial charge in [-0.1, -0.05) is 11.6 Å². The number of fused-ring (bicyclic) bond motifs is 1. The van der Waals surface area contributed by atoms with E-state index < -0.39 is 11.6 Å². The molecule has 1 heterocycles. The number of rotatable bonds is 1. The summed E-state index contributed by atoms with van der Waals surface area (Å²) < 4.78 is 26.7. The molecule has 1 aliphatic heterocycles. The van der Waals surface area contributed by atoms with E-state index in [4.69, 9.17) is 11.6 Å². The fourth-order valence-corrected chi connectivity index (χ4v) is 2.60. The standard InChI is InChI=1S/C12H10ClF2NO/c13-10-11(15)8(14)5-7-9(17)3-4-16(12(7)10)6-1-2-6/h5-6H,1-4H2. The van der Waals surface area contributed by atoms with E-state index in [9.17, 15) is 13.6 Å². The third kappa shape index (κ3) is 1.62. The second-order valence-corrected chi connectivity index (χ2v) is 4.86. The Labute approximate surface area is 102 Å². The van der Waals surface area contributed by atoms with Crippen LogP contribution in [-0.4, -0.2) is 18.4 Å². The van der Waals surface area contributed by atoms with Gasteiger partial charge in [-0.3, -0.25) is 4.79 Å². The maximum absolute atomic E-state index is 13.5. The third-order valence-electron chi connectivity index (χ3n) is 3.29. The first-order valence-electron chi connectivity index (χ1n) is 5.57. The lowest BCUT2D eigenvalue weighted by Crippen LogP contribution is -2.34. The van der Waals surface area contributed by atoms with Gasteiger partial charge in [0.25, 0.3) is 0 Å². The smallest absolute Gasteiger partial charge is 0.179 e. The molecule has 2 nitrogen and oxygen atoms in total. The lowest BCUT2D eigenvalue weighted by atomic mass is 9.99. The Hall–Kier alpha value is -1.16. The zero-order valence-electron chi connectivity index (χ0n) is 8.97. The number of hydrogen-bond donors (Lipinski definition) is 0. The van der Waals surface area contributed by atoms with Crippen molar-refractivity contribution in [2.24, 2.45) is 0 Å². The van der Waals surface area contributed by atoms with Crippen LogP contribution in [0.2, 0.25) is 5.02 Å². The van der Waals surface area contributed by atoms with Crippen molar-refractivity contribution in [3.05, 3.63) is 28.3 Å². The van der Waals surface area contributed by atoms with Gasteiger partial charge in [-0.2, -0.15) is 0 Å². The summed E-state index contributed by atoms with van der Waals surface area (Å²) in [7, 11) is 0. The number of nitrogens with zero attached hydrogens (tertiary/aromatic N) is 1.